The van der Waals surface area contributed by atoms with E-state index in [0.717, 1.165) is 17.7 Å². The normalized spacial score (nSPS) is 9.70. The lowest BCUT2D eigenvalue weighted by molar-refractivity contribution is -0.107. The van der Waals surface area contributed by atoms with Crippen molar-refractivity contribution in [2.24, 2.45) is 0 Å². The topological polar surface area (TPSA) is 43.1 Å². The van der Waals surface area contributed by atoms with Crippen molar-refractivity contribution >= 4 is 6.29 Å². The van der Waals surface area contributed by atoms with E-state index < -0.39 is 0 Å². The zero-order valence-electron chi connectivity index (χ0n) is 5.83. The molecule has 0 radical (unpaired) electrons. The van der Waals surface area contributed by atoms with Crippen LogP contribution >= 0.6 is 0 Å². The molecular formula is C7H9NO2. The summed E-state index contributed by atoms with van der Waals surface area (Å²) in [4.78, 5) is 9.93. The molecule has 0 aromatic carbocycles. The van der Waals surface area contributed by atoms with Gasteiger partial charge in [0.15, 0.2) is 0 Å². The Morgan fingerprint density at radius 3 is 3.10 bits per heavy atom. The van der Waals surface area contributed by atoms with Crippen LogP contribution in [0.1, 0.15) is 17.9 Å². The van der Waals surface area contributed by atoms with Crippen LogP contribution in [0.25, 0.3) is 0 Å². The lowest BCUT2D eigenvalue weighted by Gasteiger charge is -1.82. The molecule has 0 saturated carbocycles. The van der Waals surface area contributed by atoms with E-state index >= 15 is 0 Å². The molecule has 0 unspecified atom stereocenters. The van der Waals surface area contributed by atoms with Gasteiger partial charge in [-0.2, -0.15) is 0 Å². The molecule has 0 saturated heterocycles. The summed E-state index contributed by atoms with van der Waals surface area (Å²) in [6, 6.07) is 1.84. The van der Waals surface area contributed by atoms with Crippen LogP contribution in [-0.2, 0) is 11.2 Å². The van der Waals surface area contributed by atoms with E-state index in [1.165, 1.54) is 0 Å². The number of aromatic nitrogens is 1. The molecule has 1 rings (SSSR count). The molecule has 0 aliphatic carbocycles. The Labute approximate surface area is 59.0 Å². The number of rotatable bonds is 3. The van der Waals surface area contributed by atoms with Crippen molar-refractivity contribution < 1.29 is 9.32 Å². The molecule has 1 aromatic rings. The largest absolute Gasteiger partial charge is 0.361 e. The zero-order chi connectivity index (χ0) is 7.40. The first kappa shape index (κ1) is 6.99. The second-order valence-electron chi connectivity index (χ2n) is 2.13. The van der Waals surface area contributed by atoms with Crippen molar-refractivity contribution in [1.82, 2.24) is 5.16 Å². The predicted octanol–water partition coefficient (Wildman–Crippen LogP) is 1.11. The fourth-order valence-corrected chi connectivity index (χ4v) is 0.743. The summed E-state index contributed by atoms with van der Waals surface area (Å²) in [5, 5.41) is 3.72. The van der Waals surface area contributed by atoms with E-state index in [4.69, 9.17) is 4.52 Å². The minimum absolute atomic E-state index is 0.520. The van der Waals surface area contributed by atoms with Gasteiger partial charge in [0.1, 0.15) is 12.0 Å². The first-order valence-electron chi connectivity index (χ1n) is 3.19. The summed E-state index contributed by atoms with van der Waals surface area (Å²) in [6.07, 6.45) is 2.08. The number of nitrogens with zero attached hydrogens (tertiary/aromatic N) is 1. The first-order valence-corrected chi connectivity index (χ1v) is 3.19. The first-order chi connectivity index (χ1) is 4.83. The summed E-state index contributed by atoms with van der Waals surface area (Å²) in [6.45, 7) is 1.83. The van der Waals surface area contributed by atoms with Crippen LogP contribution in [0.5, 0.6) is 0 Å². The van der Waals surface area contributed by atoms with Gasteiger partial charge in [0.05, 0.1) is 5.69 Å². The third-order valence-corrected chi connectivity index (χ3v) is 1.20. The van der Waals surface area contributed by atoms with Gasteiger partial charge in [-0.25, -0.2) is 0 Å². The summed E-state index contributed by atoms with van der Waals surface area (Å²) < 4.78 is 4.80. The van der Waals surface area contributed by atoms with E-state index in [2.05, 4.69) is 5.16 Å². The molecule has 0 bridgehead atoms. The molecule has 3 heteroatoms. The van der Waals surface area contributed by atoms with E-state index in [1.807, 2.05) is 13.0 Å². The minimum Gasteiger partial charge on any atom is -0.361 e. The molecule has 10 heavy (non-hydrogen) atoms. The van der Waals surface area contributed by atoms with Crippen LogP contribution in [0.15, 0.2) is 10.6 Å². The molecule has 0 amide bonds. The number of carbonyl (C=O) groups is 1. The maximum atomic E-state index is 9.93. The van der Waals surface area contributed by atoms with Crippen molar-refractivity contribution in [3.8, 4) is 0 Å². The van der Waals surface area contributed by atoms with Crippen molar-refractivity contribution in [1.29, 1.82) is 0 Å². The number of carbonyl (C=O) groups excluding carboxylic acids is 1. The second-order valence-corrected chi connectivity index (χ2v) is 2.13. The quantitative estimate of drug-likeness (QED) is 0.589. The SMILES string of the molecule is Cc1cc(CCC=O)no1. The average molecular weight is 139 g/mol. The van der Waals surface area contributed by atoms with Gasteiger partial charge >= 0.3 is 0 Å². The van der Waals surface area contributed by atoms with Crippen molar-refractivity contribution in [2.45, 2.75) is 19.8 Å². The fourth-order valence-electron chi connectivity index (χ4n) is 0.743. The molecule has 1 heterocycles. The van der Waals surface area contributed by atoms with Gasteiger partial charge in [0.2, 0.25) is 0 Å². The smallest absolute Gasteiger partial charge is 0.133 e. The Morgan fingerprint density at radius 2 is 2.60 bits per heavy atom. The van der Waals surface area contributed by atoms with Crippen LogP contribution in [0, 0.1) is 6.92 Å². The molecule has 0 aliphatic heterocycles. The highest BCUT2D eigenvalue weighted by Crippen LogP contribution is 2.02. The third-order valence-electron chi connectivity index (χ3n) is 1.20. The summed E-state index contributed by atoms with van der Waals surface area (Å²) in [5.41, 5.74) is 0.851. The molecule has 0 fully saturated rings. The number of hydrogen-bond acceptors (Lipinski definition) is 3. The van der Waals surface area contributed by atoms with Gasteiger partial charge in [-0.3, -0.25) is 0 Å². The minimum atomic E-state index is 0.520. The van der Waals surface area contributed by atoms with Gasteiger partial charge in [-0.15, -0.1) is 0 Å². The van der Waals surface area contributed by atoms with E-state index in [1.54, 1.807) is 0 Å². The summed E-state index contributed by atoms with van der Waals surface area (Å²) >= 11 is 0. The summed E-state index contributed by atoms with van der Waals surface area (Å²) in [7, 11) is 0. The standard InChI is InChI=1S/C7H9NO2/c1-6-5-7(8-10-6)3-2-4-9/h4-5H,2-3H2,1H3. The lowest BCUT2D eigenvalue weighted by Crippen LogP contribution is -1.84. The van der Waals surface area contributed by atoms with Gasteiger partial charge in [0.25, 0.3) is 0 Å². The Kier molecular flexibility index (Phi) is 2.20. The van der Waals surface area contributed by atoms with Gasteiger partial charge in [-0.1, -0.05) is 5.16 Å². The fraction of sp³-hybridized carbons (Fsp3) is 0.429. The molecule has 0 N–H and O–H groups in total. The predicted molar refractivity (Wildman–Crippen MR) is 35.6 cm³/mol. The Bertz CT molecular complexity index is 217. The van der Waals surface area contributed by atoms with Crippen LogP contribution in [-0.4, -0.2) is 11.4 Å². The highest BCUT2D eigenvalue weighted by atomic mass is 16.5. The van der Waals surface area contributed by atoms with Crippen LogP contribution in [0.2, 0.25) is 0 Å². The third kappa shape index (κ3) is 1.69. The molecule has 54 valence electrons. The van der Waals surface area contributed by atoms with Crippen LogP contribution < -0.4 is 0 Å². The Balaban J connectivity index is 2.49. The maximum absolute atomic E-state index is 9.93. The highest BCUT2D eigenvalue weighted by Gasteiger charge is 1.97. The summed E-state index contributed by atoms with van der Waals surface area (Å²) in [5.74, 6) is 0.792. The van der Waals surface area contributed by atoms with E-state index in [9.17, 15) is 4.79 Å². The highest BCUT2D eigenvalue weighted by molar-refractivity contribution is 5.49. The van der Waals surface area contributed by atoms with E-state index in [-0.39, 0.29) is 0 Å². The van der Waals surface area contributed by atoms with Crippen molar-refractivity contribution in [2.75, 3.05) is 0 Å². The number of aryl methyl sites for hydroxylation is 2. The molecular weight excluding hydrogens is 130 g/mol. The molecule has 3 nitrogen and oxygen atoms in total. The van der Waals surface area contributed by atoms with Crippen molar-refractivity contribution in [3.63, 3.8) is 0 Å². The van der Waals surface area contributed by atoms with Gasteiger partial charge in [0, 0.05) is 12.5 Å². The Morgan fingerprint density at radius 1 is 1.80 bits per heavy atom. The lowest BCUT2D eigenvalue weighted by atomic mass is 10.2. The monoisotopic (exact) mass is 139 g/mol. The second kappa shape index (κ2) is 3.15. The van der Waals surface area contributed by atoms with Crippen LogP contribution in [0.3, 0.4) is 0 Å². The molecule has 1 aromatic heterocycles. The molecule has 0 atom stereocenters. The Hall–Kier alpha value is -1.12. The molecule has 0 spiro atoms. The van der Waals surface area contributed by atoms with Gasteiger partial charge in [-0.05, 0) is 13.3 Å². The molecule has 0 aliphatic rings. The number of hydrogen-bond donors (Lipinski definition) is 0. The van der Waals surface area contributed by atoms with E-state index in [0.29, 0.717) is 12.8 Å². The number of aldehydes is 1. The zero-order valence-corrected chi connectivity index (χ0v) is 5.83. The van der Waals surface area contributed by atoms with Crippen molar-refractivity contribution in [3.05, 3.63) is 17.5 Å². The van der Waals surface area contributed by atoms with Crippen LogP contribution in [0.4, 0.5) is 0 Å². The average Bonchev–Trinajstić information content (AvgIpc) is 2.31. The van der Waals surface area contributed by atoms with Gasteiger partial charge < -0.3 is 9.32 Å². The maximum Gasteiger partial charge on any atom is 0.133 e.